The lowest BCUT2D eigenvalue weighted by atomic mass is 9.99. The number of rotatable bonds is 9. The van der Waals surface area contributed by atoms with E-state index >= 15 is 0 Å². The number of hydrogen-bond donors (Lipinski definition) is 1. The number of nitrogens with zero attached hydrogens (tertiary/aromatic N) is 5. The Bertz CT molecular complexity index is 1710. The minimum Gasteiger partial charge on any atom is -0.406 e. The van der Waals surface area contributed by atoms with E-state index in [0.717, 1.165) is 27.9 Å². The van der Waals surface area contributed by atoms with Crippen LogP contribution in [0.25, 0.3) is 17.1 Å². The summed E-state index contributed by atoms with van der Waals surface area (Å²) in [6, 6.07) is 17.9. The van der Waals surface area contributed by atoms with Crippen LogP contribution in [0.4, 0.5) is 23.7 Å². The second kappa shape index (κ2) is 13.5. The molecule has 1 aromatic heterocycles. The summed E-state index contributed by atoms with van der Waals surface area (Å²) in [5.41, 5.74) is 7.23. The molecular formula is C31H29F3N6O4S. The Balaban J connectivity index is 1.13. The normalized spacial score (nSPS) is 14.4. The van der Waals surface area contributed by atoms with E-state index in [2.05, 4.69) is 25.3 Å². The molecular weight excluding hydrogens is 609 g/mol. The van der Waals surface area contributed by atoms with Crippen molar-refractivity contribution in [2.24, 2.45) is 4.99 Å². The van der Waals surface area contributed by atoms with Gasteiger partial charge in [0, 0.05) is 5.56 Å². The number of carbonyl (C=O) groups excluding carboxylic acids is 2. The SMILES string of the molecule is Cc1ccc(C(C)C)c(N2C(=O)CS/C2=N\C(=O)NOCCc2ccc(-c3ncn(-c4ccc(OC(F)(F)F)cc4)n3)cc2)c1. The Kier molecular flexibility index (Phi) is 9.54. The van der Waals surface area contributed by atoms with Crippen molar-refractivity contribution in [1.82, 2.24) is 20.2 Å². The van der Waals surface area contributed by atoms with Crippen LogP contribution in [0.2, 0.25) is 0 Å². The van der Waals surface area contributed by atoms with E-state index in [4.69, 9.17) is 4.84 Å². The predicted octanol–water partition coefficient (Wildman–Crippen LogP) is 6.58. The summed E-state index contributed by atoms with van der Waals surface area (Å²) in [5, 5.41) is 4.70. The maximum Gasteiger partial charge on any atom is 0.573 e. The number of carbonyl (C=O) groups is 2. The number of hydroxylamine groups is 1. The van der Waals surface area contributed by atoms with Crippen LogP contribution in [-0.2, 0) is 16.1 Å². The third kappa shape index (κ3) is 8.08. The highest BCUT2D eigenvalue weighted by Gasteiger charge is 2.33. The molecule has 14 heteroatoms. The van der Waals surface area contributed by atoms with Crippen molar-refractivity contribution < 1.29 is 32.3 Å². The second-order valence-electron chi connectivity index (χ2n) is 10.4. The average molecular weight is 639 g/mol. The van der Waals surface area contributed by atoms with Gasteiger partial charge in [-0.1, -0.05) is 62.0 Å². The number of aliphatic imine (C=N–C) groups is 1. The van der Waals surface area contributed by atoms with Gasteiger partial charge < -0.3 is 4.74 Å². The number of nitrogens with one attached hydrogen (secondary N) is 1. The van der Waals surface area contributed by atoms with Gasteiger partial charge in [-0.2, -0.15) is 4.99 Å². The van der Waals surface area contributed by atoms with Gasteiger partial charge in [-0.25, -0.2) is 19.9 Å². The Labute approximate surface area is 261 Å². The van der Waals surface area contributed by atoms with Gasteiger partial charge in [-0.15, -0.1) is 18.3 Å². The molecule has 3 amide bonds. The molecule has 0 saturated carbocycles. The zero-order valence-corrected chi connectivity index (χ0v) is 25.4. The lowest BCUT2D eigenvalue weighted by molar-refractivity contribution is -0.274. The van der Waals surface area contributed by atoms with Crippen molar-refractivity contribution in [1.29, 1.82) is 0 Å². The Morgan fingerprint density at radius 3 is 2.51 bits per heavy atom. The monoisotopic (exact) mass is 638 g/mol. The molecule has 234 valence electrons. The number of benzene rings is 3. The number of urea groups is 1. The first-order chi connectivity index (χ1) is 21.5. The van der Waals surface area contributed by atoms with Crippen molar-refractivity contribution in [3.8, 4) is 22.8 Å². The topological polar surface area (TPSA) is 111 Å². The zero-order valence-electron chi connectivity index (χ0n) is 24.5. The Hall–Kier alpha value is -4.69. The third-order valence-electron chi connectivity index (χ3n) is 6.70. The Morgan fingerprint density at radius 1 is 1.09 bits per heavy atom. The number of anilines is 1. The first-order valence-electron chi connectivity index (χ1n) is 13.9. The van der Waals surface area contributed by atoms with Crippen molar-refractivity contribution in [3.63, 3.8) is 0 Å². The van der Waals surface area contributed by atoms with Gasteiger partial charge in [0.1, 0.15) is 12.1 Å². The van der Waals surface area contributed by atoms with E-state index in [1.807, 2.05) is 63.2 Å². The summed E-state index contributed by atoms with van der Waals surface area (Å²) in [4.78, 5) is 40.4. The summed E-state index contributed by atoms with van der Waals surface area (Å²) in [5.74, 6) is 0.338. The summed E-state index contributed by atoms with van der Waals surface area (Å²) >= 11 is 1.20. The quantitative estimate of drug-likeness (QED) is 0.163. The maximum absolute atomic E-state index is 12.7. The highest BCUT2D eigenvalue weighted by atomic mass is 32.2. The van der Waals surface area contributed by atoms with Gasteiger partial charge >= 0.3 is 12.4 Å². The fourth-order valence-corrected chi connectivity index (χ4v) is 5.41. The second-order valence-corrected chi connectivity index (χ2v) is 11.3. The van der Waals surface area contributed by atoms with Gasteiger partial charge in [0.05, 0.1) is 23.7 Å². The summed E-state index contributed by atoms with van der Waals surface area (Å²) in [6.07, 6.45) is -2.80. The van der Waals surface area contributed by atoms with Crippen LogP contribution in [0.5, 0.6) is 5.75 Å². The average Bonchev–Trinajstić information content (AvgIpc) is 3.62. The number of halogens is 3. The summed E-state index contributed by atoms with van der Waals surface area (Å²) < 4.78 is 42.5. The van der Waals surface area contributed by atoms with Crippen LogP contribution in [-0.4, -0.2) is 50.6 Å². The van der Waals surface area contributed by atoms with Gasteiger partial charge in [-0.05, 0) is 66.3 Å². The summed E-state index contributed by atoms with van der Waals surface area (Å²) in [7, 11) is 0. The third-order valence-corrected chi connectivity index (χ3v) is 7.63. The van der Waals surface area contributed by atoms with Crippen molar-refractivity contribution in [3.05, 3.63) is 89.7 Å². The van der Waals surface area contributed by atoms with Gasteiger partial charge in [0.2, 0.25) is 5.91 Å². The van der Waals surface area contributed by atoms with Crippen LogP contribution in [0, 0.1) is 6.92 Å². The number of alkyl halides is 3. The first-order valence-corrected chi connectivity index (χ1v) is 14.9. The molecule has 0 bridgehead atoms. The van der Waals surface area contributed by atoms with Crippen LogP contribution >= 0.6 is 11.8 Å². The molecule has 0 radical (unpaired) electrons. The van der Waals surface area contributed by atoms with E-state index in [-0.39, 0.29) is 29.9 Å². The number of aromatic nitrogens is 3. The molecule has 5 rings (SSSR count). The molecule has 45 heavy (non-hydrogen) atoms. The Morgan fingerprint density at radius 2 is 1.82 bits per heavy atom. The van der Waals surface area contributed by atoms with Crippen molar-refractivity contribution >= 4 is 34.6 Å². The number of amidine groups is 1. The lowest BCUT2D eigenvalue weighted by Crippen LogP contribution is -2.32. The molecule has 0 spiro atoms. The molecule has 0 unspecified atom stereocenters. The lowest BCUT2D eigenvalue weighted by Gasteiger charge is -2.22. The van der Waals surface area contributed by atoms with Gasteiger partial charge in [0.25, 0.3) is 0 Å². The first kappa shape index (κ1) is 31.7. The van der Waals surface area contributed by atoms with Crippen LogP contribution in [0.1, 0.15) is 36.5 Å². The molecule has 1 aliphatic heterocycles. The fraction of sp³-hybridized carbons (Fsp3) is 0.258. The standard InChI is InChI=1S/C31H29F3N6O4S/c1-19(2)25-13-4-20(3)16-26(25)40-27(41)17-45-30(40)36-29(42)38-43-15-14-21-5-7-22(8-6-21)28-35-18-39(37-28)23-9-11-24(12-10-23)44-31(32,33)34/h4-13,16,18-19H,14-15,17H2,1-3H3,(H,38,42)/b36-30-. The van der Waals surface area contributed by atoms with Crippen LogP contribution in [0.3, 0.4) is 0 Å². The van der Waals surface area contributed by atoms with E-state index in [0.29, 0.717) is 23.1 Å². The van der Waals surface area contributed by atoms with E-state index in [9.17, 15) is 22.8 Å². The molecule has 10 nitrogen and oxygen atoms in total. The maximum atomic E-state index is 12.7. The smallest absolute Gasteiger partial charge is 0.406 e. The molecule has 1 fully saturated rings. The molecule has 0 atom stereocenters. The van der Waals surface area contributed by atoms with Gasteiger partial charge in [-0.3, -0.25) is 14.5 Å². The highest BCUT2D eigenvalue weighted by molar-refractivity contribution is 8.15. The van der Waals surface area contributed by atoms with E-state index in [1.165, 1.54) is 51.9 Å². The molecule has 4 aromatic rings. The zero-order chi connectivity index (χ0) is 32.1. The molecule has 0 aliphatic carbocycles. The van der Waals surface area contributed by atoms with Crippen molar-refractivity contribution in [2.75, 3.05) is 17.3 Å². The van der Waals surface area contributed by atoms with E-state index < -0.39 is 12.4 Å². The molecule has 1 N–H and O–H groups in total. The minimum atomic E-state index is -4.76. The number of ether oxygens (including phenoxy) is 1. The number of amides is 3. The number of aryl methyl sites for hydroxylation is 1. The molecule has 1 saturated heterocycles. The largest absolute Gasteiger partial charge is 0.573 e. The van der Waals surface area contributed by atoms with Crippen LogP contribution < -0.4 is 15.1 Å². The van der Waals surface area contributed by atoms with Crippen molar-refractivity contribution in [2.45, 2.75) is 39.5 Å². The molecule has 3 aromatic carbocycles. The van der Waals surface area contributed by atoms with E-state index in [1.54, 1.807) is 0 Å². The number of hydrogen-bond acceptors (Lipinski definition) is 7. The predicted molar refractivity (Wildman–Crippen MR) is 164 cm³/mol. The van der Waals surface area contributed by atoms with Gasteiger partial charge in [0.15, 0.2) is 11.0 Å². The highest BCUT2D eigenvalue weighted by Crippen LogP contribution is 2.34. The van der Waals surface area contributed by atoms with Crippen LogP contribution in [0.15, 0.2) is 78.0 Å². The molecule has 2 heterocycles. The molecule has 1 aliphatic rings. The minimum absolute atomic E-state index is 0.140. The summed E-state index contributed by atoms with van der Waals surface area (Å²) in [6.45, 7) is 6.22. The fourth-order valence-electron chi connectivity index (χ4n) is 4.55. The number of thioether (sulfide) groups is 1.